The van der Waals surface area contributed by atoms with Gasteiger partial charge in [-0.1, -0.05) is 0 Å². The third-order valence-electron chi connectivity index (χ3n) is 3.07. The highest BCUT2D eigenvalue weighted by Crippen LogP contribution is 2.18. The van der Waals surface area contributed by atoms with Crippen molar-refractivity contribution in [2.24, 2.45) is 11.5 Å². The topological polar surface area (TPSA) is 119 Å². The number of likely N-dealkylation sites (tertiary alicyclic amines) is 1. The maximum absolute atomic E-state index is 12.1. The highest BCUT2D eigenvalue weighted by Gasteiger charge is 2.34. The summed E-state index contributed by atoms with van der Waals surface area (Å²) in [7, 11) is 1.53. The Bertz CT molecular complexity index is 345. The van der Waals surface area contributed by atoms with Crippen molar-refractivity contribution in [1.29, 1.82) is 0 Å². The molecule has 1 aliphatic heterocycles. The standard InChI is InChI=1S/C11H20N4O3/c1-14-10(17)8-4-2-3-5-15(8)11(18)7(12)6-9(13)16/h7-8H,2-6,12H2,1H3,(H2,13,16)(H,14,17). The maximum atomic E-state index is 12.1. The van der Waals surface area contributed by atoms with E-state index in [0.717, 1.165) is 12.8 Å². The Morgan fingerprint density at radius 2 is 2.06 bits per heavy atom. The SMILES string of the molecule is CNC(=O)C1CCCCN1C(=O)C(N)CC(N)=O. The van der Waals surface area contributed by atoms with E-state index in [1.807, 2.05) is 0 Å². The Labute approximate surface area is 106 Å². The number of nitrogens with two attached hydrogens (primary N) is 2. The molecule has 1 saturated heterocycles. The van der Waals surface area contributed by atoms with Crippen molar-refractivity contribution >= 4 is 17.7 Å². The molecule has 1 rings (SSSR count). The lowest BCUT2D eigenvalue weighted by Gasteiger charge is -2.35. The molecule has 7 nitrogen and oxygen atoms in total. The lowest BCUT2D eigenvalue weighted by atomic mass is 9.99. The molecule has 2 unspecified atom stereocenters. The zero-order valence-corrected chi connectivity index (χ0v) is 10.5. The molecule has 1 heterocycles. The minimum Gasteiger partial charge on any atom is -0.370 e. The molecule has 1 fully saturated rings. The van der Waals surface area contributed by atoms with Crippen molar-refractivity contribution in [2.75, 3.05) is 13.6 Å². The molecule has 0 aromatic rings. The van der Waals surface area contributed by atoms with Gasteiger partial charge in [-0.05, 0) is 19.3 Å². The monoisotopic (exact) mass is 256 g/mol. The molecule has 0 spiro atoms. The van der Waals surface area contributed by atoms with Gasteiger partial charge in [0, 0.05) is 13.6 Å². The van der Waals surface area contributed by atoms with Crippen LogP contribution in [0, 0.1) is 0 Å². The highest BCUT2D eigenvalue weighted by atomic mass is 16.2. The van der Waals surface area contributed by atoms with E-state index in [1.165, 1.54) is 11.9 Å². The maximum Gasteiger partial charge on any atom is 0.242 e. The number of rotatable bonds is 4. The molecule has 7 heteroatoms. The predicted octanol–water partition coefficient (Wildman–Crippen LogP) is -1.68. The number of amides is 3. The number of hydrogen-bond donors (Lipinski definition) is 3. The lowest BCUT2D eigenvalue weighted by molar-refractivity contribution is -0.143. The fourth-order valence-electron chi connectivity index (χ4n) is 2.15. The van der Waals surface area contributed by atoms with Crippen LogP contribution in [-0.4, -0.2) is 48.3 Å². The van der Waals surface area contributed by atoms with Crippen molar-refractivity contribution in [3.8, 4) is 0 Å². The van der Waals surface area contributed by atoms with E-state index in [2.05, 4.69) is 5.32 Å². The predicted molar refractivity (Wildman–Crippen MR) is 65.2 cm³/mol. The second-order valence-electron chi connectivity index (χ2n) is 4.43. The summed E-state index contributed by atoms with van der Waals surface area (Å²) in [5.74, 6) is -1.21. The quantitative estimate of drug-likeness (QED) is 0.556. The summed E-state index contributed by atoms with van der Waals surface area (Å²) < 4.78 is 0. The molecule has 2 atom stereocenters. The van der Waals surface area contributed by atoms with E-state index in [1.54, 1.807) is 0 Å². The van der Waals surface area contributed by atoms with Gasteiger partial charge in [-0.25, -0.2) is 0 Å². The molecule has 0 saturated carbocycles. The van der Waals surface area contributed by atoms with Crippen LogP contribution in [0.25, 0.3) is 0 Å². The van der Waals surface area contributed by atoms with E-state index in [9.17, 15) is 14.4 Å². The van der Waals surface area contributed by atoms with Gasteiger partial charge in [0.25, 0.3) is 0 Å². The zero-order valence-electron chi connectivity index (χ0n) is 10.5. The van der Waals surface area contributed by atoms with Gasteiger partial charge < -0.3 is 21.7 Å². The van der Waals surface area contributed by atoms with Crippen LogP contribution in [0.5, 0.6) is 0 Å². The molecule has 0 aromatic heterocycles. The summed E-state index contributed by atoms with van der Waals surface area (Å²) in [6.07, 6.45) is 2.15. The molecular formula is C11H20N4O3. The van der Waals surface area contributed by atoms with Gasteiger partial charge >= 0.3 is 0 Å². The van der Waals surface area contributed by atoms with Crippen molar-refractivity contribution in [2.45, 2.75) is 37.8 Å². The van der Waals surface area contributed by atoms with Gasteiger partial charge in [-0.15, -0.1) is 0 Å². The van der Waals surface area contributed by atoms with E-state index in [-0.39, 0.29) is 18.2 Å². The zero-order chi connectivity index (χ0) is 13.7. The molecular weight excluding hydrogens is 236 g/mol. The lowest BCUT2D eigenvalue weighted by Crippen LogP contribution is -2.56. The Morgan fingerprint density at radius 3 is 2.61 bits per heavy atom. The summed E-state index contributed by atoms with van der Waals surface area (Å²) in [4.78, 5) is 36.0. The van der Waals surface area contributed by atoms with Gasteiger partial charge in [-0.2, -0.15) is 0 Å². The number of carbonyl (C=O) groups excluding carboxylic acids is 3. The number of piperidine rings is 1. The molecule has 5 N–H and O–H groups in total. The number of likely N-dealkylation sites (N-methyl/N-ethyl adjacent to an activating group) is 1. The first-order valence-corrected chi connectivity index (χ1v) is 6.03. The van der Waals surface area contributed by atoms with E-state index >= 15 is 0 Å². The van der Waals surface area contributed by atoms with Crippen molar-refractivity contribution in [3.05, 3.63) is 0 Å². The Balaban J connectivity index is 2.73. The van der Waals surface area contributed by atoms with Gasteiger partial charge in [0.05, 0.1) is 12.5 Å². The van der Waals surface area contributed by atoms with Crippen LogP contribution >= 0.6 is 0 Å². The normalized spacial score (nSPS) is 21.2. The summed E-state index contributed by atoms with van der Waals surface area (Å²) in [6, 6.07) is -1.46. The molecule has 3 amide bonds. The average Bonchev–Trinajstić information content (AvgIpc) is 2.36. The smallest absolute Gasteiger partial charge is 0.242 e. The number of nitrogens with zero attached hydrogens (tertiary/aromatic N) is 1. The molecule has 102 valence electrons. The Hall–Kier alpha value is -1.63. The minimum absolute atomic E-state index is 0.199. The van der Waals surface area contributed by atoms with Crippen molar-refractivity contribution in [3.63, 3.8) is 0 Å². The van der Waals surface area contributed by atoms with Crippen LogP contribution in [0.4, 0.5) is 0 Å². The minimum atomic E-state index is -0.965. The number of primary amides is 1. The van der Waals surface area contributed by atoms with Crippen LogP contribution in [0.15, 0.2) is 0 Å². The Kier molecular flexibility index (Phi) is 5.08. The molecule has 0 radical (unpaired) electrons. The van der Waals surface area contributed by atoms with Gasteiger partial charge in [0.15, 0.2) is 0 Å². The third kappa shape index (κ3) is 3.43. The number of carbonyl (C=O) groups is 3. The molecule has 18 heavy (non-hydrogen) atoms. The second-order valence-corrected chi connectivity index (χ2v) is 4.43. The van der Waals surface area contributed by atoms with Crippen LogP contribution in [0.1, 0.15) is 25.7 Å². The summed E-state index contributed by atoms with van der Waals surface area (Å²) in [5, 5.41) is 2.53. The van der Waals surface area contributed by atoms with E-state index in [0.29, 0.717) is 13.0 Å². The van der Waals surface area contributed by atoms with Crippen LogP contribution < -0.4 is 16.8 Å². The summed E-state index contributed by atoms with van der Waals surface area (Å²) >= 11 is 0. The van der Waals surface area contributed by atoms with E-state index in [4.69, 9.17) is 11.5 Å². The van der Waals surface area contributed by atoms with Crippen LogP contribution in [0.2, 0.25) is 0 Å². The molecule has 0 aromatic carbocycles. The second kappa shape index (κ2) is 6.34. The first-order chi connectivity index (χ1) is 8.47. The third-order valence-corrected chi connectivity index (χ3v) is 3.07. The van der Waals surface area contributed by atoms with E-state index < -0.39 is 18.0 Å². The van der Waals surface area contributed by atoms with Crippen molar-refractivity contribution in [1.82, 2.24) is 10.2 Å². The first-order valence-electron chi connectivity index (χ1n) is 6.03. The molecule has 0 bridgehead atoms. The molecule has 1 aliphatic rings. The summed E-state index contributed by atoms with van der Waals surface area (Å²) in [6.45, 7) is 0.489. The highest BCUT2D eigenvalue weighted by molar-refractivity contribution is 5.92. The fourth-order valence-corrected chi connectivity index (χ4v) is 2.15. The molecule has 0 aliphatic carbocycles. The number of hydrogen-bond acceptors (Lipinski definition) is 4. The van der Waals surface area contributed by atoms with Crippen molar-refractivity contribution < 1.29 is 14.4 Å². The van der Waals surface area contributed by atoms with Gasteiger partial charge in [0.2, 0.25) is 17.7 Å². The van der Waals surface area contributed by atoms with Crippen LogP contribution in [-0.2, 0) is 14.4 Å². The largest absolute Gasteiger partial charge is 0.370 e. The van der Waals surface area contributed by atoms with Gasteiger partial charge in [0.1, 0.15) is 6.04 Å². The Morgan fingerprint density at radius 1 is 1.39 bits per heavy atom. The number of nitrogens with one attached hydrogen (secondary N) is 1. The average molecular weight is 256 g/mol. The fraction of sp³-hybridized carbons (Fsp3) is 0.727. The summed E-state index contributed by atoms with van der Waals surface area (Å²) in [5.41, 5.74) is 10.6. The first kappa shape index (κ1) is 14.4. The van der Waals surface area contributed by atoms with Gasteiger partial charge in [-0.3, -0.25) is 14.4 Å². The van der Waals surface area contributed by atoms with Crippen LogP contribution in [0.3, 0.4) is 0 Å².